The molecular weight excluding hydrogens is 210 g/mol. The number of hydrogen-bond acceptors (Lipinski definition) is 3. The molecule has 88 valence electrons. The highest BCUT2D eigenvalue weighted by molar-refractivity contribution is 7.99. The van der Waals surface area contributed by atoms with Crippen molar-refractivity contribution in [2.75, 3.05) is 12.9 Å². The first-order valence-electron chi connectivity index (χ1n) is 5.69. The first-order chi connectivity index (χ1) is 7.26. The van der Waals surface area contributed by atoms with Crippen molar-refractivity contribution in [2.24, 2.45) is 0 Å². The van der Waals surface area contributed by atoms with Crippen LogP contribution in [0.25, 0.3) is 0 Å². The fourth-order valence-electron chi connectivity index (χ4n) is 2.03. The van der Waals surface area contributed by atoms with Crippen LogP contribution in [0.2, 0.25) is 0 Å². The van der Waals surface area contributed by atoms with E-state index < -0.39 is 0 Å². The van der Waals surface area contributed by atoms with E-state index in [1.165, 1.54) is 12.8 Å². The van der Waals surface area contributed by atoms with Crippen LogP contribution in [0.15, 0.2) is 0 Å². The van der Waals surface area contributed by atoms with Crippen molar-refractivity contribution in [3.8, 4) is 0 Å². The highest BCUT2D eigenvalue weighted by atomic mass is 32.2. The average Bonchev–Trinajstić information content (AvgIpc) is 2.26. The molecule has 1 rings (SSSR count). The molecule has 0 heterocycles. The molecule has 2 N–H and O–H groups in total. The second-order valence-corrected chi connectivity index (χ2v) is 5.25. The smallest absolute Gasteiger partial charge is 0.220 e. The molecule has 0 aromatic carbocycles. The summed E-state index contributed by atoms with van der Waals surface area (Å²) in [4.78, 5) is 11.4. The molecule has 0 bridgehead atoms. The van der Waals surface area contributed by atoms with Crippen LogP contribution in [0.1, 0.15) is 38.5 Å². The molecule has 0 spiro atoms. The van der Waals surface area contributed by atoms with E-state index >= 15 is 0 Å². The van der Waals surface area contributed by atoms with Crippen LogP contribution in [-0.4, -0.2) is 35.2 Å². The van der Waals surface area contributed by atoms with Crippen LogP contribution in [0.3, 0.4) is 0 Å². The van der Waals surface area contributed by atoms with Gasteiger partial charge in [-0.2, -0.15) is 11.8 Å². The Morgan fingerprint density at radius 1 is 1.53 bits per heavy atom. The maximum absolute atomic E-state index is 11.4. The highest BCUT2D eigenvalue weighted by Crippen LogP contribution is 2.26. The van der Waals surface area contributed by atoms with E-state index in [4.69, 9.17) is 5.11 Å². The van der Waals surface area contributed by atoms with E-state index in [0.29, 0.717) is 24.1 Å². The number of rotatable bonds is 5. The Kier molecular flexibility index (Phi) is 6.10. The minimum absolute atomic E-state index is 0.0933. The Hall–Kier alpha value is -0.220. The molecular formula is C11H21NO2S. The summed E-state index contributed by atoms with van der Waals surface area (Å²) in [6, 6.07) is 0.363. The van der Waals surface area contributed by atoms with Gasteiger partial charge in [0.15, 0.2) is 0 Å². The Morgan fingerprint density at radius 3 is 3.00 bits per heavy atom. The van der Waals surface area contributed by atoms with Crippen molar-refractivity contribution in [3.05, 3.63) is 0 Å². The van der Waals surface area contributed by atoms with Gasteiger partial charge >= 0.3 is 0 Å². The number of nitrogens with one attached hydrogen (secondary N) is 1. The van der Waals surface area contributed by atoms with Gasteiger partial charge in [0.05, 0.1) is 0 Å². The molecule has 1 aliphatic rings. The van der Waals surface area contributed by atoms with Gasteiger partial charge in [-0.05, 0) is 31.9 Å². The van der Waals surface area contributed by atoms with Crippen molar-refractivity contribution >= 4 is 17.7 Å². The summed E-state index contributed by atoms with van der Waals surface area (Å²) in [7, 11) is 0. The largest absolute Gasteiger partial charge is 0.396 e. The molecule has 1 aliphatic carbocycles. The molecule has 3 nitrogen and oxygen atoms in total. The van der Waals surface area contributed by atoms with Gasteiger partial charge < -0.3 is 10.4 Å². The van der Waals surface area contributed by atoms with Crippen LogP contribution in [0.4, 0.5) is 0 Å². The van der Waals surface area contributed by atoms with Crippen LogP contribution in [-0.2, 0) is 4.79 Å². The quantitative estimate of drug-likeness (QED) is 0.755. The van der Waals surface area contributed by atoms with Gasteiger partial charge in [-0.25, -0.2) is 0 Å². The molecule has 0 saturated heterocycles. The molecule has 0 radical (unpaired) electrons. The zero-order valence-electron chi connectivity index (χ0n) is 9.37. The van der Waals surface area contributed by atoms with Gasteiger partial charge in [0.1, 0.15) is 0 Å². The molecule has 15 heavy (non-hydrogen) atoms. The molecule has 1 amide bonds. The summed E-state index contributed by atoms with van der Waals surface area (Å²) in [5.41, 5.74) is 0. The Morgan fingerprint density at radius 2 is 2.33 bits per heavy atom. The zero-order chi connectivity index (χ0) is 11.1. The fourth-order valence-corrected chi connectivity index (χ4v) is 2.86. The topological polar surface area (TPSA) is 49.3 Å². The number of aliphatic hydroxyl groups excluding tert-OH is 1. The van der Waals surface area contributed by atoms with E-state index in [0.717, 1.165) is 12.8 Å². The van der Waals surface area contributed by atoms with Crippen molar-refractivity contribution in [3.63, 3.8) is 0 Å². The van der Waals surface area contributed by atoms with Gasteiger partial charge in [0, 0.05) is 24.3 Å². The first-order valence-corrected chi connectivity index (χ1v) is 6.98. The second kappa shape index (κ2) is 7.12. The molecule has 1 fully saturated rings. The average molecular weight is 231 g/mol. The summed E-state index contributed by atoms with van der Waals surface area (Å²) < 4.78 is 0. The second-order valence-electron chi connectivity index (χ2n) is 4.12. The summed E-state index contributed by atoms with van der Waals surface area (Å²) >= 11 is 1.90. The normalized spacial score (nSPS) is 26.3. The Bertz CT molecular complexity index is 199. The van der Waals surface area contributed by atoms with Crippen LogP contribution in [0.5, 0.6) is 0 Å². The van der Waals surface area contributed by atoms with Crippen molar-refractivity contribution in [1.29, 1.82) is 0 Å². The predicted octanol–water partition coefficient (Wildman–Crippen LogP) is 1.55. The summed E-state index contributed by atoms with van der Waals surface area (Å²) in [6.45, 7) is 0.103. The molecule has 2 unspecified atom stereocenters. The molecule has 0 aromatic rings. The Labute approximate surface area is 96.0 Å². The molecule has 0 aliphatic heterocycles. The van der Waals surface area contributed by atoms with Gasteiger partial charge in [-0.3, -0.25) is 4.79 Å². The highest BCUT2D eigenvalue weighted by Gasteiger charge is 2.22. The molecule has 4 heteroatoms. The number of carbonyl (C=O) groups excluding carboxylic acids is 1. The van der Waals surface area contributed by atoms with E-state index in [9.17, 15) is 4.79 Å². The number of aliphatic hydroxyl groups is 1. The summed E-state index contributed by atoms with van der Waals surface area (Å²) in [5.74, 6) is 0.0933. The number of carbonyl (C=O) groups is 1. The predicted molar refractivity (Wildman–Crippen MR) is 64.0 cm³/mol. The molecule has 1 saturated carbocycles. The van der Waals surface area contributed by atoms with Crippen LogP contribution >= 0.6 is 11.8 Å². The number of amides is 1. The lowest BCUT2D eigenvalue weighted by Crippen LogP contribution is -2.39. The third-order valence-electron chi connectivity index (χ3n) is 2.89. The third kappa shape index (κ3) is 4.89. The fraction of sp³-hybridized carbons (Fsp3) is 0.909. The van der Waals surface area contributed by atoms with E-state index in [1.807, 2.05) is 11.8 Å². The maximum atomic E-state index is 11.4. The van der Waals surface area contributed by atoms with E-state index in [-0.39, 0.29) is 12.5 Å². The zero-order valence-corrected chi connectivity index (χ0v) is 10.2. The Balaban J connectivity index is 2.22. The monoisotopic (exact) mass is 231 g/mol. The van der Waals surface area contributed by atoms with Crippen LogP contribution < -0.4 is 5.32 Å². The van der Waals surface area contributed by atoms with E-state index in [2.05, 4.69) is 11.6 Å². The molecule has 0 aromatic heterocycles. The van der Waals surface area contributed by atoms with Crippen molar-refractivity contribution in [2.45, 2.75) is 49.8 Å². The van der Waals surface area contributed by atoms with Crippen molar-refractivity contribution < 1.29 is 9.90 Å². The third-order valence-corrected chi connectivity index (χ3v) is 3.98. The van der Waals surface area contributed by atoms with Gasteiger partial charge in [0.25, 0.3) is 0 Å². The lowest BCUT2D eigenvalue weighted by Gasteiger charge is -2.28. The number of hydrogen-bond donors (Lipinski definition) is 2. The summed E-state index contributed by atoms with van der Waals surface area (Å²) in [5, 5.41) is 12.4. The first kappa shape index (κ1) is 12.8. The SMILES string of the molecule is CSC1CCCC(NC(=O)CCCO)C1. The maximum Gasteiger partial charge on any atom is 0.220 e. The van der Waals surface area contributed by atoms with Gasteiger partial charge in [-0.1, -0.05) is 6.42 Å². The van der Waals surface area contributed by atoms with E-state index in [1.54, 1.807) is 0 Å². The summed E-state index contributed by atoms with van der Waals surface area (Å²) in [6.07, 6.45) is 7.89. The van der Waals surface area contributed by atoms with Crippen LogP contribution in [0, 0.1) is 0 Å². The van der Waals surface area contributed by atoms with Gasteiger partial charge in [0.2, 0.25) is 5.91 Å². The van der Waals surface area contributed by atoms with Gasteiger partial charge in [-0.15, -0.1) is 0 Å². The molecule has 2 atom stereocenters. The minimum atomic E-state index is 0.0933. The number of thioether (sulfide) groups is 1. The standard InChI is InChI=1S/C11H21NO2S/c1-15-10-5-2-4-9(8-10)12-11(14)6-3-7-13/h9-10,13H,2-8H2,1H3,(H,12,14). The minimum Gasteiger partial charge on any atom is -0.396 e. The lowest BCUT2D eigenvalue weighted by molar-refractivity contribution is -0.122. The van der Waals surface area contributed by atoms with Crippen molar-refractivity contribution in [1.82, 2.24) is 5.32 Å². The lowest BCUT2D eigenvalue weighted by atomic mass is 9.95.